The molecular weight excluding hydrogens is 442 g/mol. The predicted octanol–water partition coefficient (Wildman–Crippen LogP) is 4.07. The Hall–Kier alpha value is -2.20. The number of thioether (sulfide) groups is 1. The summed E-state index contributed by atoms with van der Waals surface area (Å²) in [4.78, 5) is 35.8. The lowest BCUT2D eigenvalue weighted by atomic mass is 9.97. The van der Waals surface area contributed by atoms with Gasteiger partial charge in [0, 0.05) is 25.5 Å². The first-order chi connectivity index (χ1) is 15.2. The monoisotopic (exact) mass is 473 g/mol. The highest BCUT2D eigenvalue weighted by molar-refractivity contribution is 7.99. The SMILES string of the molecule is CC(C)CCn1c(SC(C)c2nc(N)nc(N(C)C)n2)nc2sc3c(c2c1=O)CCCC3. The Balaban J connectivity index is 1.77. The van der Waals surface area contributed by atoms with E-state index in [1.807, 2.05) is 25.6 Å². The van der Waals surface area contributed by atoms with Gasteiger partial charge in [-0.2, -0.15) is 15.0 Å². The van der Waals surface area contributed by atoms with Gasteiger partial charge in [0.25, 0.3) is 5.56 Å². The molecule has 0 saturated heterocycles. The molecule has 2 N–H and O–H groups in total. The number of fused-ring (bicyclic) bond motifs is 3. The molecule has 0 spiro atoms. The molecule has 1 atom stereocenters. The summed E-state index contributed by atoms with van der Waals surface area (Å²) in [6, 6.07) is 0. The molecule has 3 aromatic heterocycles. The third-order valence-electron chi connectivity index (χ3n) is 5.67. The van der Waals surface area contributed by atoms with Gasteiger partial charge in [0.05, 0.1) is 10.6 Å². The number of nitrogens with two attached hydrogens (primary N) is 1. The van der Waals surface area contributed by atoms with Crippen LogP contribution in [0.15, 0.2) is 9.95 Å². The summed E-state index contributed by atoms with van der Waals surface area (Å²) in [7, 11) is 3.74. The Morgan fingerprint density at radius 1 is 1.12 bits per heavy atom. The van der Waals surface area contributed by atoms with Crippen LogP contribution in [-0.2, 0) is 19.4 Å². The Kier molecular flexibility index (Phi) is 6.71. The summed E-state index contributed by atoms with van der Waals surface area (Å²) in [6.45, 7) is 7.02. The van der Waals surface area contributed by atoms with Gasteiger partial charge in [-0.3, -0.25) is 9.36 Å². The van der Waals surface area contributed by atoms with Crippen molar-refractivity contribution in [3.63, 3.8) is 0 Å². The first-order valence-corrected chi connectivity index (χ1v) is 12.8. The van der Waals surface area contributed by atoms with Crippen molar-refractivity contribution in [3.8, 4) is 0 Å². The molecule has 0 aromatic carbocycles. The van der Waals surface area contributed by atoms with Crippen LogP contribution >= 0.6 is 23.1 Å². The first-order valence-electron chi connectivity index (χ1n) is 11.1. The van der Waals surface area contributed by atoms with Crippen molar-refractivity contribution in [1.82, 2.24) is 24.5 Å². The Labute approximate surface area is 196 Å². The molecule has 3 aromatic rings. The number of thiophene rings is 1. The molecule has 10 heteroatoms. The van der Waals surface area contributed by atoms with Gasteiger partial charge in [0.2, 0.25) is 11.9 Å². The van der Waals surface area contributed by atoms with E-state index in [9.17, 15) is 4.79 Å². The summed E-state index contributed by atoms with van der Waals surface area (Å²) < 4.78 is 1.86. The van der Waals surface area contributed by atoms with E-state index in [1.165, 1.54) is 28.6 Å². The molecule has 0 fully saturated rings. The van der Waals surface area contributed by atoms with Gasteiger partial charge in [-0.25, -0.2) is 4.98 Å². The summed E-state index contributed by atoms with van der Waals surface area (Å²) in [5.41, 5.74) is 7.25. The number of rotatable bonds is 7. The summed E-state index contributed by atoms with van der Waals surface area (Å²) in [5, 5.41) is 1.42. The average molecular weight is 474 g/mol. The number of hydrogen-bond donors (Lipinski definition) is 1. The Bertz CT molecular complexity index is 1190. The molecule has 1 unspecified atom stereocenters. The van der Waals surface area contributed by atoms with Crippen molar-refractivity contribution in [2.75, 3.05) is 24.7 Å². The molecule has 4 rings (SSSR count). The molecule has 8 nitrogen and oxygen atoms in total. The van der Waals surface area contributed by atoms with Crippen LogP contribution in [0.25, 0.3) is 10.2 Å². The third kappa shape index (κ3) is 4.61. The quantitative estimate of drug-likeness (QED) is 0.405. The van der Waals surface area contributed by atoms with Crippen molar-refractivity contribution in [2.24, 2.45) is 5.92 Å². The zero-order valence-electron chi connectivity index (χ0n) is 19.4. The third-order valence-corrected chi connectivity index (χ3v) is 7.95. The van der Waals surface area contributed by atoms with E-state index in [0.29, 0.717) is 24.2 Å². The molecule has 32 heavy (non-hydrogen) atoms. The van der Waals surface area contributed by atoms with Crippen LogP contribution in [0.5, 0.6) is 0 Å². The van der Waals surface area contributed by atoms with Crippen LogP contribution in [0.3, 0.4) is 0 Å². The zero-order chi connectivity index (χ0) is 23.0. The maximum Gasteiger partial charge on any atom is 0.263 e. The molecule has 3 heterocycles. The molecular formula is C22H31N7OS2. The molecule has 0 bridgehead atoms. The molecule has 0 radical (unpaired) electrons. The molecule has 0 amide bonds. The smallest absolute Gasteiger partial charge is 0.263 e. The normalized spacial score (nSPS) is 14.7. The summed E-state index contributed by atoms with van der Waals surface area (Å²) in [6.07, 6.45) is 5.29. The van der Waals surface area contributed by atoms with Gasteiger partial charge in [0.15, 0.2) is 5.16 Å². The number of aryl methyl sites for hydroxylation is 2. The number of aromatic nitrogens is 5. The van der Waals surface area contributed by atoms with E-state index in [2.05, 4.69) is 28.8 Å². The van der Waals surface area contributed by atoms with Gasteiger partial charge in [-0.05, 0) is 50.5 Å². The standard InChI is InChI=1S/C22H31N7OS2/c1-12(2)10-11-29-19(30)16-14-8-6-7-9-15(14)32-18(16)26-22(29)31-13(3)17-24-20(23)27-21(25-17)28(4)5/h12-13H,6-11H2,1-5H3,(H2,23,24,25,27). The van der Waals surface area contributed by atoms with E-state index in [0.717, 1.165) is 41.1 Å². The number of nitrogen functional groups attached to an aromatic ring is 1. The minimum absolute atomic E-state index is 0.0916. The summed E-state index contributed by atoms with van der Waals surface area (Å²) in [5.74, 6) is 1.79. The van der Waals surface area contributed by atoms with E-state index < -0.39 is 0 Å². The number of hydrogen-bond acceptors (Lipinski definition) is 9. The predicted molar refractivity (Wildman–Crippen MR) is 133 cm³/mol. The Morgan fingerprint density at radius 2 is 1.88 bits per heavy atom. The fourth-order valence-corrected chi connectivity index (χ4v) is 6.17. The van der Waals surface area contributed by atoms with Crippen molar-refractivity contribution < 1.29 is 0 Å². The van der Waals surface area contributed by atoms with Crippen LogP contribution in [0.4, 0.5) is 11.9 Å². The van der Waals surface area contributed by atoms with Gasteiger partial charge in [0.1, 0.15) is 10.7 Å². The first kappa shape index (κ1) is 23.0. The second-order valence-corrected chi connectivity index (χ2v) is 11.3. The van der Waals surface area contributed by atoms with Crippen LogP contribution in [0, 0.1) is 5.92 Å². The second-order valence-electron chi connectivity index (χ2n) is 8.93. The number of nitrogens with zero attached hydrogens (tertiary/aromatic N) is 6. The maximum atomic E-state index is 13.7. The minimum atomic E-state index is -0.136. The van der Waals surface area contributed by atoms with Crippen LogP contribution in [-0.4, -0.2) is 38.6 Å². The molecule has 172 valence electrons. The fraction of sp³-hybridized carbons (Fsp3) is 0.591. The van der Waals surface area contributed by atoms with E-state index in [1.54, 1.807) is 16.2 Å². The lowest BCUT2D eigenvalue weighted by molar-refractivity contribution is 0.480. The molecule has 0 aliphatic heterocycles. The molecule has 0 saturated carbocycles. The maximum absolute atomic E-state index is 13.7. The summed E-state index contributed by atoms with van der Waals surface area (Å²) >= 11 is 3.20. The van der Waals surface area contributed by atoms with Gasteiger partial charge < -0.3 is 10.6 Å². The second kappa shape index (κ2) is 9.35. The van der Waals surface area contributed by atoms with Gasteiger partial charge >= 0.3 is 0 Å². The number of anilines is 2. The van der Waals surface area contributed by atoms with Crippen molar-refractivity contribution in [1.29, 1.82) is 0 Å². The van der Waals surface area contributed by atoms with E-state index in [-0.39, 0.29) is 16.8 Å². The highest BCUT2D eigenvalue weighted by atomic mass is 32.2. The van der Waals surface area contributed by atoms with Crippen LogP contribution in [0.1, 0.15) is 61.5 Å². The van der Waals surface area contributed by atoms with Crippen molar-refractivity contribution in [2.45, 2.75) is 69.8 Å². The fourth-order valence-electron chi connectivity index (χ4n) is 3.88. The van der Waals surface area contributed by atoms with Crippen molar-refractivity contribution in [3.05, 3.63) is 26.6 Å². The van der Waals surface area contributed by atoms with Gasteiger partial charge in [-0.1, -0.05) is 25.6 Å². The van der Waals surface area contributed by atoms with Crippen LogP contribution in [0.2, 0.25) is 0 Å². The minimum Gasteiger partial charge on any atom is -0.368 e. The molecule has 1 aliphatic carbocycles. The topological polar surface area (TPSA) is 103 Å². The van der Waals surface area contributed by atoms with Gasteiger partial charge in [-0.15, -0.1) is 11.3 Å². The Morgan fingerprint density at radius 3 is 2.59 bits per heavy atom. The van der Waals surface area contributed by atoms with Crippen LogP contribution < -0.4 is 16.2 Å². The largest absolute Gasteiger partial charge is 0.368 e. The molecule has 1 aliphatic rings. The average Bonchev–Trinajstić information content (AvgIpc) is 3.11. The van der Waals surface area contributed by atoms with Crippen molar-refractivity contribution >= 4 is 45.2 Å². The highest BCUT2D eigenvalue weighted by Crippen LogP contribution is 2.37. The highest BCUT2D eigenvalue weighted by Gasteiger charge is 2.24. The van der Waals surface area contributed by atoms with E-state index in [4.69, 9.17) is 10.7 Å². The lowest BCUT2D eigenvalue weighted by Gasteiger charge is -2.17. The van der Waals surface area contributed by atoms with E-state index >= 15 is 0 Å². The lowest BCUT2D eigenvalue weighted by Crippen LogP contribution is -2.25. The zero-order valence-corrected chi connectivity index (χ0v) is 21.0.